The van der Waals surface area contributed by atoms with Gasteiger partial charge in [0, 0.05) is 11.4 Å². The number of H-pyrrole nitrogens is 2. The number of nitrogens with zero attached hydrogens (tertiary/aromatic N) is 2. The predicted octanol–water partition coefficient (Wildman–Crippen LogP) is 9.81. The van der Waals surface area contributed by atoms with E-state index in [9.17, 15) is 18.4 Å². The van der Waals surface area contributed by atoms with Gasteiger partial charge in [0.15, 0.2) is 11.6 Å². The van der Waals surface area contributed by atoms with Gasteiger partial charge in [-0.3, -0.25) is 10.2 Å². The van der Waals surface area contributed by atoms with E-state index >= 15 is 0 Å². The minimum atomic E-state index is -0.515. The number of carbonyl (C=O) groups is 2. The molecule has 2 heterocycles. The first kappa shape index (κ1) is 36.6. The molecule has 12 nitrogen and oxygen atoms in total. The predicted molar refractivity (Wildman–Crippen MR) is 219 cm³/mol. The Hall–Kier alpha value is -7.74. The van der Waals surface area contributed by atoms with Crippen LogP contribution >= 0.6 is 0 Å². The molecule has 0 aliphatic carbocycles. The number of halogens is 2. The van der Waals surface area contributed by atoms with Gasteiger partial charge in [-0.1, -0.05) is 60.7 Å². The molecular formula is C42H36F2N10O2. The van der Waals surface area contributed by atoms with E-state index in [0.29, 0.717) is 23.0 Å². The Labute approximate surface area is 319 Å². The van der Waals surface area contributed by atoms with Crippen LogP contribution < -0.4 is 32.7 Å². The molecule has 0 aliphatic rings. The number of nitrogens with two attached hydrogens (primary N) is 2. The van der Waals surface area contributed by atoms with Crippen LogP contribution in [0.1, 0.15) is 11.1 Å². The number of aromatic amines is 2. The van der Waals surface area contributed by atoms with Gasteiger partial charge in [-0.05, 0) is 108 Å². The SMILES string of the molecule is Cc1ccc(F)c(NC(=O)Nc2ccc(-c3cccc4[nH]nc(N)c34)cc2)c1.Cc1ccc(F)c(NC(=O)Nc2ccc(-c3cccc4[nH]nc(N)c34)cc2)c1. The fourth-order valence-electron chi connectivity index (χ4n) is 6.18. The van der Waals surface area contributed by atoms with Crippen molar-refractivity contribution in [3.63, 3.8) is 0 Å². The van der Waals surface area contributed by atoms with Crippen LogP contribution in [0.3, 0.4) is 0 Å². The normalized spacial score (nSPS) is 10.8. The monoisotopic (exact) mass is 750 g/mol. The maximum absolute atomic E-state index is 13.8. The van der Waals surface area contributed by atoms with Gasteiger partial charge >= 0.3 is 12.1 Å². The van der Waals surface area contributed by atoms with Crippen molar-refractivity contribution in [2.45, 2.75) is 13.8 Å². The number of hydrogen-bond donors (Lipinski definition) is 8. The second kappa shape index (κ2) is 15.7. The number of anilines is 6. The topological polar surface area (TPSA) is 192 Å². The average molecular weight is 751 g/mol. The first-order chi connectivity index (χ1) is 27.0. The van der Waals surface area contributed by atoms with E-state index in [2.05, 4.69) is 41.7 Å². The molecule has 8 aromatic rings. The Morgan fingerprint density at radius 2 is 0.929 bits per heavy atom. The van der Waals surface area contributed by atoms with E-state index in [1.54, 1.807) is 48.5 Å². The summed E-state index contributed by atoms with van der Waals surface area (Å²) in [4.78, 5) is 24.3. The third-order valence-corrected chi connectivity index (χ3v) is 8.88. The van der Waals surface area contributed by atoms with Crippen LogP contribution in [0, 0.1) is 25.5 Å². The van der Waals surface area contributed by atoms with Crippen LogP contribution in [0.5, 0.6) is 0 Å². The van der Waals surface area contributed by atoms with Crippen molar-refractivity contribution in [2.75, 3.05) is 32.7 Å². The molecule has 0 saturated carbocycles. The zero-order valence-corrected chi connectivity index (χ0v) is 30.2. The number of carbonyl (C=O) groups excluding carboxylic acids is 2. The highest BCUT2D eigenvalue weighted by Gasteiger charge is 2.13. The Kier molecular flexibility index (Phi) is 10.3. The molecule has 280 valence electrons. The molecule has 0 radical (unpaired) electrons. The number of nitrogens with one attached hydrogen (secondary N) is 6. The van der Waals surface area contributed by atoms with Crippen LogP contribution in [0.4, 0.5) is 52.8 Å². The Morgan fingerprint density at radius 3 is 1.32 bits per heavy atom. The van der Waals surface area contributed by atoms with E-state index in [1.165, 1.54) is 12.1 Å². The Balaban J connectivity index is 0.000000172. The fourth-order valence-corrected chi connectivity index (χ4v) is 6.18. The summed E-state index contributed by atoms with van der Waals surface area (Å²) in [7, 11) is 0. The van der Waals surface area contributed by atoms with Gasteiger partial charge < -0.3 is 32.7 Å². The first-order valence-electron chi connectivity index (χ1n) is 17.4. The molecule has 8 rings (SSSR count). The molecule has 0 bridgehead atoms. The number of urea groups is 2. The van der Waals surface area contributed by atoms with Gasteiger partial charge in [-0.2, -0.15) is 10.2 Å². The number of benzene rings is 6. The number of fused-ring (bicyclic) bond motifs is 2. The minimum Gasteiger partial charge on any atom is -0.382 e. The molecule has 2 aromatic heterocycles. The third-order valence-electron chi connectivity index (χ3n) is 8.88. The van der Waals surface area contributed by atoms with Crippen molar-refractivity contribution in [3.05, 3.63) is 144 Å². The molecule has 0 spiro atoms. The summed E-state index contributed by atoms with van der Waals surface area (Å²) in [6, 6.07) is 34.3. The molecule has 0 unspecified atom stereocenters. The second-order valence-corrected chi connectivity index (χ2v) is 13.0. The first-order valence-corrected chi connectivity index (χ1v) is 17.4. The molecule has 14 heteroatoms. The van der Waals surface area contributed by atoms with Gasteiger partial charge in [-0.15, -0.1) is 0 Å². The standard InChI is InChI=1S/2C21H18FN5O/c2*1-12-5-10-16(22)18(11-12)25-21(28)24-14-8-6-13(7-9-14)15-3-2-4-17-19(15)20(23)27-26-17/h2*2-11H,1H3,(H3,23,26,27)(H2,24,25,28). The lowest BCUT2D eigenvalue weighted by molar-refractivity contribution is 0.261. The smallest absolute Gasteiger partial charge is 0.323 e. The lowest BCUT2D eigenvalue weighted by atomic mass is 10.0. The average Bonchev–Trinajstić information content (AvgIpc) is 3.77. The second-order valence-electron chi connectivity index (χ2n) is 13.0. The quantitative estimate of drug-likeness (QED) is 0.0834. The largest absolute Gasteiger partial charge is 0.382 e. The molecule has 6 aromatic carbocycles. The fraction of sp³-hybridized carbons (Fsp3) is 0.0476. The highest BCUT2D eigenvalue weighted by atomic mass is 19.1. The summed E-state index contributed by atoms with van der Waals surface area (Å²) in [6.07, 6.45) is 0. The minimum absolute atomic E-state index is 0.135. The molecular weight excluding hydrogens is 715 g/mol. The zero-order valence-electron chi connectivity index (χ0n) is 30.2. The van der Waals surface area contributed by atoms with Crippen molar-refractivity contribution in [3.8, 4) is 22.3 Å². The van der Waals surface area contributed by atoms with Gasteiger partial charge in [0.25, 0.3) is 0 Å². The number of aryl methyl sites for hydroxylation is 2. The van der Waals surface area contributed by atoms with Crippen LogP contribution in [-0.4, -0.2) is 32.5 Å². The summed E-state index contributed by atoms with van der Waals surface area (Å²) >= 11 is 0. The van der Waals surface area contributed by atoms with E-state index < -0.39 is 23.7 Å². The molecule has 0 fully saturated rings. The maximum Gasteiger partial charge on any atom is 0.323 e. The number of aromatic nitrogens is 4. The third kappa shape index (κ3) is 8.09. The number of amides is 4. The van der Waals surface area contributed by atoms with Gasteiger partial charge in [0.2, 0.25) is 0 Å². The van der Waals surface area contributed by atoms with Crippen molar-refractivity contribution >= 4 is 68.3 Å². The molecule has 0 atom stereocenters. The Morgan fingerprint density at radius 1 is 0.536 bits per heavy atom. The molecule has 0 saturated heterocycles. The van der Waals surface area contributed by atoms with Crippen LogP contribution in [0.2, 0.25) is 0 Å². The number of hydrogen-bond acceptors (Lipinski definition) is 6. The highest BCUT2D eigenvalue weighted by Crippen LogP contribution is 2.33. The van der Waals surface area contributed by atoms with Crippen LogP contribution in [0.15, 0.2) is 121 Å². The van der Waals surface area contributed by atoms with E-state index in [0.717, 1.165) is 55.2 Å². The van der Waals surface area contributed by atoms with Crippen molar-refractivity contribution in [1.82, 2.24) is 20.4 Å². The summed E-state index contributed by atoms with van der Waals surface area (Å²) in [5.41, 5.74) is 20.6. The number of rotatable bonds is 6. The van der Waals surface area contributed by atoms with E-state index in [4.69, 9.17) is 11.5 Å². The lowest BCUT2D eigenvalue weighted by Gasteiger charge is -2.10. The van der Waals surface area contributed by atoms with Gasteiger partial charge in [-0.25, -0.2) is 18.4 Å². The lowest BCUT2D eigenvalue weighted by Crippen LogP contribution is -2.20. The zero-order chi connectivity index (χ0) is 39.3. The Bertz CT molecular complexity index is 2520. The van der Waals surface area contributed by atoms with Gasteiger partial charge in [0.1, 0.15) is 11.6 Å². The van der Waals surface area contributed by atoms with Crippen molar-refractivity contribution in [2.24, 2.45) is 0 Å². The molecule has 10 N–H and O–H groups in total. The summed E-state index contributed by atoms with van der Waals surface area (Å²) in [5, 5.41) is 26.0. The highest BCUT2D eigenvalue weighted by molar-refractivity contribution is 6.04. The van der Waals surface area contributed by atoms with E-state index in [-0.39, 0.29) is 11.4 Å². The van der Waals surface area contributed by atoms with Gasteiger partial charge in [0.05, 0.1) is 33.2 Å². The number of nitrogen functional groups attached to an aromatic ring is 2. The summed E-state index contributed by atoms with van der Waals surface area (Å²) in [5.74, 6) is -0.0940. The van der Waals surface area contributed by atoms with Crippen molar-refractivity contribution < 1.29 is 18.4 Å². The van der Waals surface area contributed by atoms with Crippen molar-refractivity contribution in [1.29, 1.82) is 0 Å². The van der Waals surface area contributed by atoms with E-state index in [1.807, 2.05) is 74.5 Å². The summed E-state index contributed by atoms with van der Waals surface area (Å²) in [6.45, 7) is 3.66. The molecule has 4 amide bonds. The summed E-state index contributed by atoms with van der Waals surface area (Å²) < 4.78 is 27.6. The van der Waals surface area contributed by atoms with Crippen LogP contribution in [-0.2, 0) is 0 Å². The maximum atomic E-state index is 13.8. The molecule has 0 aliphatic heterocycles. The van der Waals surface area contributed by atoms with Crippen LogP contribution in [0.25, 0.3) is 44.1 Å². The molecule has 56 heavy (non-hydrogen) atoms.